The topological polar surface area (TPSA) is 55.1 Å². The molecule has 3 N–H and O–H groups in total. The van der Waals surface area contributed by atoms with Gasteiger partial charge in [-0.15, -0.1) is 0 Å². The maximum Gasteiger partial charge on any atom is 0.415 e. The fourth-order valence-electron chi connectivity index (χ4n) is 1.11. The van der Waals surface area contributed by atoms with E-state index in [1.165, 1.54) is 0 Å². The molecule has 1 fully saturated rings. The average Bonchev–Trinajstić information content (AvgIpc) is 1.93. The lowest BCUT2D eigenvalue weighted by Crippen LogP contribution is -2.65. The molecule has 1 atom stereocenters. The van der Waals surface area contributed by atoms with Crippen molar-refractivity contribution < 1.29 is 18.0 Å². The smallest absolute Gasteiger partial charge is 0.354 e. The predicted molar refractivity (Wildman–Crippen MR) is 35.2 cm³/mol. The number of nitrogens with two attached hydrogens (primary N) is 1. The van der Waals surface area contributed by atoms with Crippen molar-refractivity contribution >= 4 is 5.91 Å². The lowest BCUT2D eigenvalue weighted by atomic mass is 9.90. The second kappa shape index (κ2) is 2.62. The molecular weight excluding hydrogens is 173 g/mol. The largest absolute Gasteiger partial charge is 0.415 e. The van der Waals surface area contributed by atoms with Crippen LogP contribution >= 0.6 is 0 Å². The lowest BCUT2D eigenvalue weighted by molar-refractivity contribution is -0.195. The summed E-state index contributed by atoms with van der Waals surface area (Å²) in [5.74, 6) is -1.12. The number of carbonyl (C=O) groups excluding carboxylic acids is 1. The van der Waals surface area contributed by atoms with Gasteiger partial charge in [-0.1, -0.05) is 0 Å². The van der Waals surface area contributed by atoms with Crippen LogP contribution in [0.5, 0.6) is 0 Å². The summed E-state index contributed by atoms with van der Waals surface area (Å²) in [5.41, 5.74) is 2.27. The van der Waals surface area contributed by atoms with Crippen LogP contribution in [0.1, 0.15) is 12.8 Å². The van der Waals surface area contributed by atoms with Crippen LogP contribution in [0.2, 0.25) is 0 Å². The second-order valence-electron chi connectivity index (χ2n) is 2.83. The molecule has 1 aliphatic heterocycles. The number of rotatable bonds is 0. The van der Waals surface area contributed by atoms with Crippen molar-refractivity contribution in [1.29, 1.82) is 0 Å². The van der Waals surface area contributed by atoms with Crippen LogP contribution in [-0.4, -0.2) is 24.2 Å². The number of halogens is 3. The predicted octanol–water partition coefficient (Wildman–Crippen LogP) is 0.156. The Morgan fingerprint density at radius 2 is 2.08 bits per heavy atom. The number of carbonyl (C=O) groups is 1. The molecule has 0 bridgehead atoms. The summed E-state index contributed by atoms with van der Waals surface area (Å²) in [6.45, 7) is 0.272. The molecule has 0 saturated carbocycles. The van der Waals surface area contributed by atoms with Gasteiger partial charge in [-0.3, -0.25) is 4.79 Å². The lowest BCUT2D eigenvalue weighted by Gasteiger charge is -2.33. The van der Waals surface area contributed by atoms with E-state index in [1.54, 1.807) is 0 Å². The van der Waals surface area contributed by atoms with Gasteiger partial charge in [0, 0.05) is 6.54 Å². The Labute approximate surface area is 67.1 Å². The number of hydrogen-bond donors (Lipinski definition) is 2. The van der Waals surface area contributed by atoms with Gasteiger partial charge in [-0.25, -0.2) is 0 Å². The Bertz CT molecular complexity index is 203. The summed E-state index contributed by atoms with van der Waals surface area (Å²) < 4.78 is 36.6. The number of amides is 1. The molecule has 3 nitrogen and oxygen atoms in total. The Kier molecular flexibility index (Phi) is 2.03. The number of alkyl halides is 3. The van der Waals surface area contributed by atoms with E-state index in [4.69, 9.17) is 5.73 Å². The molecule has 6 heteroatoms. The zero-order valence-corrected chi connectivity index (χ0v) is 6.24. The zero-order valence-electron chi connectivity index (χ0n) is 6.24. The number of nitrogens with one attached hydrogen (secondary N) is 1. The summed E-state index contributed by atoms with van der Waals surface area (Å²) >= 11 is 0. The van der Waals surface area contributed by atoms with Gasteiger partial charge in [0.05, 0.1) is 0 Å². The minimum Gasteiger partial charge on any atom is -0.354 e. The normalized spacial score (nSPS) is 31.5. The van der Waals surface area contributed by atoms with Crippen LogP contribution in [-0.2, 0) is 4.79 Å². The first kappa shape index (κ1) is 9.31. The Morgan fingerprint density at radius 1 is 1.50 bits per heavy atom. The van der Waals surface area contributed by atoms with Crippen LogP contribution in [0, 0.1) is 0 Å². The van der Waals surface area contributed by atoms with Crippen LogP contribution in [0.25, 0.3) is 0 Å². The first-order valence-corrected chi connectivity index (χ1v) is 3.52. The summed E-state index contributed by atoms with van der Waals surface area (Å²) in [4.78, 5) is 10.8. The molecule has 0 aromatic carbocycles. The molecule has 1 heterocycles. The van der Waals surface area contributed by atoms with Gasteiger partial charge < -0.3 is 11.1 Å². The van der Waals surface area contributed by atoms with Crippen molar-refractivity contribution in [1.82, 2.24) is 5.32 Å². The molecule has 1 amide bonds. The molecule has 0 radical (unpaired) electrons. The van der Waals surface area contributed by atoms with Crippen LogP contribution in [0.4, 0.5) is 13.2 Å². The third-order valence-electron chi connectivity index (χ3n) is 1.94. The van der Waals surface area contributed by atoms with E-state index < -0.39 is 17.6 Å². The van der Waals surface area contributed by atoms with Gasteiger partial charge in [-0.05, 0) is 12.8 Å². The van der Waals surface area contributed by atoms with Crippen molar-refractivity contribution in [2.75, 3.05) is 6.54 Å². The zero-order chi connectivity index (χ0) is 9.41. The molecule has 1 aliphatic rings. The minimum absolute atomic E-state index is 0.266. The van der Waals surface area contributed by atoms with E-state index in [-0.39, 0.29) is 19.4 Å². The van der Waals surface area contributed by atoms with E-state index >= 15 is 0 Å². The highest BCUT2D eigenvalue weighted by Crippen LogP contribution is 2.33. The SMILES string of the molecule is NC1(C(F)(F)F)CCCNC1=O. The Morgan fingerprint density at radius 3 is 2.42 bits per heavy atom. The molecule has 0 aliphatic carbocycles. The maximum absolute atomic E-state index is 12.2. The Balaban J connectivity index is 2.87. The fraction of sp³-hybridized carbons (Fsp3) is 0.833. The van der Waals surface area contributed by atoms with Gasteiger partial charge >= 0.3 is 6.18 Å². The van der Waals surface area contributed by atoms with Crippen molar-refractivity contribution in [2.24, 2.45) is 5.73 Å². The first-order chi connectivity index (χ1) is 5.38. The van der Waals surface area contributed by atoms with E-state index in [9.17, 15) is 18.0 Å². The summed E-state index contributed by atoms with van der Waals surface area (Å²) in [6, 6.07) is 0. The molecule has 0 aromatic rings. The highest BCUT2D eigenvalue weighted by molar-refractivity contribution is 5.87. The molecule has 1 saturated heterocycles. The maximum atomic E-state index is 12.2. The van der Waals surface area contributed by atoms with Gasteiger partial charge in [0.25, 0.3) is 0 Å². The van der Waals surface area contributed by atoms with Gasteiger partial charge in [-0.2, -0.15) is 13.2 Å². The van der Waals surface area contributed by atoms with E-state index in [0.29, 0.717) is 0 Å². The highest BCUT2D eigenvalue weighted by Gasteiger charge is 2.58. The minimum atomic E-state index is -4.66. The molecule has 0 spiro atoms. The van der Waals surface area contributed by atoms with E-state index in [2.05, 4.69) is 5.32 Å². The number of piperidine rings is 1. The fourth-order valence-corrected chi connectivity index (χ4v) is 1.11. The molecule has 12 heavy (non-hydrogen) atoms. The summed E-state index contributed by atoms with van der Waals surface area (Å²) in [6.07, 6.45) is -4.72. The van der Waals surface area contributed by atoms with E-state index in [1.807, 2.05) is 0 Å². The highest BCUT2D eigenvalue weighted by atomic mass is 19.4. The van der Waals surface area contributed by atoms with Crippen LogP contribution in [0.3, 0.4) is 0 Å². The quantitative estimate of drug-likeness (QED) is 0.560. The van der Waals surface area contributed by atoms with Crippen molar-refractivity contribution in [3.8, 4) is 0 Å². The van der Waals surface area contributed by atoms with Gasteiger partial charge in [0.2, 0.25) is 5.91 Å². The standard InChI is InChI=1S/C6H9F3N2O/c7-6(8,9)5(10)2-1-3-11-4(5)12/h1-3,10H2,(H,11,12). The van der Waals surface area contributed by atoms with Crippen molar-refractivity contribution in [2.45, 2.75) is 24.6 Å². The van der Waals surface area contributed by atoms with Crippen LogP contribution in [0.15, 0.2) is 0 Å². The number of hydrogen-bond acceptors (Lipinski definition) is 2. The third kappa shape index (κ3) is 1.26. The van der Waals surface area contributed by atoms with Gasteiger partial charge in [0.15, 0.2) is 5.54 Å². The summed E-state index contributed by atoms with van der Waals surface area (Å²) in [5, 5.41) is 2.10. The summed E-state index contributed by atoms with van der Waals surface area (Å²) in [7, 11) is 0. The van der Waals surface area contributed by atoms with Gasteiger partial charge in [0.1, 0.15) is 0 Å². The molecular formula is C6H9F3N2O. The second-order valence-corrected chi connectivity index (χ2v) is 2.83. The third-order valence-corrected chi connectivity index (χ3v) is 1.94. The van der Waals surface area contributed by atoms with Crippen LogP contribution < -0.4 is 11.1 Å². The molecule has 1 rings (SSSR count). The molecule has 1 unspecified atom stereocenters. The van der Waals surface area contributed by atoms with E-state index in [0.717, 1.165) is 0 Å². The Hall–Kier alpha value is -0.780. The molecule has 0 aromatic heterocycles. The average molecular weight is 182 g/mol. The molecule has 70 valence electrons. The first-order valence-electron chi connectivity index (χ1n) is 3.52. The monoisotopic (exact) mass is 182 g/mol. The van der Waals surface area contributed by atoms with Crippen molar-refractivity contribution in [3.05, 3.63) is 0 Å². The van der Waals surface area contributed by atoms with Crippen molar-refractivity contribution in [3.63, 3.8) is 0 Å².